The van der Waals surface area contributed by atoms with Crippen molar-refractivity contribution in [1.29, 1.82) is 0 Å². The molecule has 3 N–H and O–H groups in total. The summed E-state index contributed by atoms with van der Waals surface area (Å²) in [5.74, 6) is -1.36. The van der Waals surface area contributed by atoms with Crippen molar-refractivity contribution in [2.24, 2.45) is 0 Å². The van der Waals surface area contributed by atoms with Crippen LogP contribution in [0.5, 0.6) is 0 Å². The van der Waals surface area contributed by atoms with Gasteiger partial charge in [0.2, 0.25) is 11.8 Å². The number of nitrogens with zero attached hydrogens (tertiary/aromatic N) is 2. The topological polar surface area (TPSA) is 124 Å². The first-order valence-electron chi connectivity index (χ1n) is 9.09. The second-order valence-electron chi connectivity index (χ2n) is 6.86. The second-order valence-corrected chi connectivity index (χ2v) is 6.86. The molecular weight excluding hydrogens is 362 g/mol. The van der Waals surface area contributed by atoms with Crippen LogP contribution in [0, 0.1) is 0 Å². The van der Waals surface area contributed by atoms with Crippen molar-refractivity contribution in [2.45, 2.75) is 38.8 Å². The third-order valence-electron chi connectivity index (χ3n) is 5.03. The molecule has 1 atom stereocenters. The van der Waals surface area contributed by atoms with Crippen LogP contribution in [-0.2, 0) is 22.6 Å². The highest BCUT2D eigenvalue weighted by Gasteiger charge is 2.39. The van der Waals surface area contributed by atoms with Crippen LogP contribution in [0.4, 0.5) is 5.69 Å². The average molecular weight is 381 g/mol. The highest BCUT2D eigenvalue weighted by Crippen LogP contribution is 2.29. The Labute approximate surface area is 160 Å². The lowest BCUT2D eigenvalue weighted by atomic mass is 10.0. The Bertz CT molecular complexity index is 996. The fourth-order valence-corrected chi connectivity index (χ4v) is 3.51. The van der Waals surface area contributed by atoms with Crippen LogP contribution in [0.15, 0.2) is 24.3 Å². The van der Waals surface area contributed by atoms with Gasteiger partial charge in [0.25, 0.3) is 11.8 Å². The molecule has 144 valence electrons. The molecule has 9 heteroatoms. The van der Waals surface area contributed by atoms with Crippen LogP contribution in [0.2, 0.25) is 0 Å². The molecule has 1 fully saturated rings. The first kappa shape index (κ1) is 17.9. The molecule has 0 radical (unpaired) electrons. The molecular formula is C19H19N5O4. The number of rotatable bonds is 4. The lowest BCUT2D eigenvalue weighted by molar-refractivity contribution is -0.136. The molecule has 1 aromatic heterocycles. The molecule has 0 bridgehead atoms. The molecule has 2 aliphatic rings. The molecule has 1 unspecified atom stereocenters. The summed E-state index contributed by atoms with van der Waals surface area (Å²) in [6.07, 6.45) is 1.27. The smallest absolute Gasteiger partial charge is 0.276 e. The van der Waals surface area contributed by atoms with Crippen LogP contribution >= 0.6 is 0 Å². The number of H-pyrrole nitrogens is 1. The Morgan fingerprint density at radius 1 is 1.29 bits per heavy atom. The SMILES string of the molecule is CCc1cc(C(=O)Nc2ccc3c(c2)CN(C2CCC(=O)NC2=O)C3=O)n[nH]1. The first-order chi connectivity index (χ1) is 13.5. The fourth-order valence-electron chi connectivity index (χ4n) is 3.51. The van der Waals surface area contributed by atoms with Gasteiger partial charge in [-0.05, 0) is 42.7 Å². The monoisotopic (exact) mass is 381 g/mol. The molecule has 2 aromatic rings. The third-order valence-corrected chi connectivity index (χ3v) is 5.03. The first-order valence-corrected chi connectivity index (χ1v) is 9.09. The van der Waals surface area contributed by atoms with Gasteiger partial charge in [-0.1, -0.05) is 6.92 Å². The van der Waals surface area contributed by atoms with Crippen LogP contribution in [0.1, 0.15) is 51.9 Å². The van der Waals surface area contributed by atoms with Gasteiger partial charge in [-0.15, -0.1) is 0 Å². The van der Waals surface area contributed by atoms with Crippen molar-refractivity contribution in [3.05, 3.63) is 46.8 Å². The average Bonchev–Trinajstić information content (AvgIpc) is 3.27. The van der Waals surface area contributed by atoms with Gasteiger partial charge < -0.3 is 10.2 Å². The number of aromatic amines is 1. The number of anilines is 1. The van der Waals surface area contributed by atoms with E-state index in [2.05, 4.69) is 20.8 Å². The van der Waals surface area contributed by atoms with E-state index in [0.717, 1.165) is 17.7 Å². The number of nitrogens with one attached hydrogen (secondary N) is 3. The predicted octanol–water partition coefficient (Wildman–Crippen LogP) is 0.985. The van der Waals surface area contributed by atoms with Crippen molar-refractivity contribution in [3.63, 3.8) is 0 Å². The zero-order valence-electron chi connectivity index (χ0n) is 15.2. The minimum absolute atomic E-state index is 0.210. The summed E-state index contributed by atoms with van der Waals surface area (Å²) in [5, 5.41) is 11.8. The van der Waals surface area contributed by atoms with Gasteiger partial charge in [-0.3, -0.25) is 29.6 Å². The summed E-state index contributed by atoms with van der Waals surface area (Å²) >= 11 is 0. The Hall–Kier alpha value is -3.49. The number of aromatic nitrogens is 2. The number of hydrogen-bond donors (Lipinski definition) is 3. The minimum Gasteiger partial charge on any atom is -0.322 e. The van der Waals surface area contributed by atoms with E-state index < -0.39 is 11.9 Å². The van der Waals surface area contributed by atoms with Gasteiger partial charge in [-0.25, -0.2) is 0 Å². The number of piperidine rings is 1. The van der Waals surface area contributed by atoms with E-state index in [9.17, 15) is 19.2 Å². The Balaban J connectivity index is 1.50. The maximum absolute atomic E-state index is 12.7. The van der Waals surface area contributed by atoms with Crippen molar-refractivity contribution in [1.82, 2.24) is 20.4 Å². The number of fused-ring (bicyclic) bond motifs is 1. The Morgan fingerprint density at radius 2 is 2.11 bits per heavy atom. The van der Waals surface area contributed by atoms with E-state index >= 15 is 0 Å². The fraction of sp³-hybridized carbons (Fsp3) is 0.316. The summed E-state index contributed by atoms with van der Waals surface area (Å²) in [6.45, 7) is 2.22. The van der Waals surface area contributed by atoms with Gasteiger partial charge in [-0.2, -0.15) is 5.10 Å². The highest BCUT2D eigenvalue weighted by atomic mass is 16.2. The molecule has 2 aliphatic heterocycles. The number of aryl methyl sites for hydroxylation is 1. The van der Waals surface area contributed by atoms with Crippen molar-refractivity contribution in [2.75, 3.05) is 5.32 Å². The van der Waals surface area contributed by atoms with E-state index in [0.29, 0.717) is 23.4 Å². The molecule has 4 amide bonds. The molecule has 1 aromatic carbocycles. The maximum atomic E-state index is 12.7. The largest absolute Gasteiger partial charge is 0.322 e. The predicted molar refractivity (Wildman–Crippen MR) is 98.4 cm³/mol. The standard InChI is InChI=1S/C19H19N5O4/c1-2-11-8-14(23-22-11)17(26)20-12-3-4-13-10(7-12)9-24(19(13)28)15-5-6-16(25)21-18(15)27/h3-4,7-8,15H,2,5-6,9H2,1H3,(H,20,26)(H,22,23)(H,21,25,27). The van der Waals surface area contributed by atoms with Gasteiger partial charge in [0.05, 0.1) is 0 Å². The minimum atomic E-state index is -0.660. The van der Waals surface area contributed by atoms with E-state index in [1.165, 1.54) is 4.90 Å². The molecule has 1 saturated heterocycles. The lowest BCUT2D eigenvalue weighted by Gasteiger charge is -2.29. The van der Waals surface area contributed by atoms with Crippen LogP contribution in [0.25, 0.3) is 0 Å². The quantitative estimate of drug-likeness (QED) is 0.681. The zero-order valence-corrected chi connectivity index (χ0v) is 15.2. The summed E-state index contributed by atoms with van der Waals surface area (Å²) in [7, 11) is 0. The Morgan fingerprint density at radius 3 is 2.82 bits per heavy atom. The maximum Gasteiger partial charge on any atom is 0.276 e. The van der Waals surface area contributed by atoms with Gasteiger partial charge in [0, 0.05) is 29.9 Å². The number of amides is 4. The number of carbonyl (C=O) groups is 4. The normalized spacial score (nSPS) is 18.8. The number of hydrogen-bond acceptors (Lipinski definition) is 5. The van der Waals surface area contributed by atoms with E-state index in [4.69, 9.17) is 0 Å². The number of imide groups is 1. The Kier molecular flexibility index (Phi) is 4.42. The summed E-state index contributed by atoms with van der Waals surface area (Å²) in [5.41, 5.74) is 2.92. The number of benzene rings is 1. The van der Waals surface area contributed by atoms with Crippen LogP contribution < -0.4 is 10.6 Å². The molecule has 28 heavy (non-hydrogen) atoms. The van der Waals surface area contributed by atoms with E-state index in [-0.39, 0.29) is 30.7 Å². The lowest BCUT2D eigenvalue weighted by Crippen LogP contribution is -2.52. The van der Waals surface area contributed by atoms with Gasteiger partial charge >= 0.3 is 0 Å². The highest BCUT2D eigenvalue weighted by molar-refractivity contribution is 6.06. The summed E-state index contributed by atoms with van der Waals surface area (Å²) < 4.78 is 0. The molecule has 3 heterocycles. The van der Waals surface area contributed by atoms with E-state index in [1.54, 1.807) is 24.3 Å². The number of carbonyl (C=O) groups excluding carboxylic acids is 4. The van der Waals surface area contributed by atoms with Crippen molar-refractivity contribution >= 4 is 29.3 Å². The molecule has 0 spiro atoms. The summed E-state index contributed by atoms with van der Waals surface area (Å²) in [6, 6.07) is 6.05. The molecule has 0 saturated carbocycles. The van der Waals surface area contributed by atoms with E-state index in [1.807, 2.05) is 6.92 Å². The molecule has 4 rings (SSSR count). The molecule has 9 nitrogen and oxygen atoms in total. The van der Waals surface area contributed by atoms with Crippen molar-refractivity contribution < 1.29 is 19.2 Å². The zero-order chi connectivity index (χ0) is 19.8. The third kappa shape index (κ3) is 3.15. The van der Waals surface area contributed by atoms with Crippen molar-refractivity contribution in [3.8, 4) is 0 Å². The van der Waals surface area contributed by atoms with Crippen LogP contribution in [-0.4, -0.2) is 44.8 Å². The van der Waals surface area contributed by atoms with Gasteiger partial charge in [0.15, 0.2) is 5.69 Å². The summed E-state index contributed by atoms with van der Waals surface area (Å²) in [4.78, 5) is 49.9. The second kappa shape index (κ2) is 6.91. The van der Waals surface area contributed by atoms with Gasteiger partial charge in [0.1, 0.15) is 6.04 Å². The van der Waals surface area contributed by atoms with Crippen LogP contribution in [0.3, 0.4) is 0 Å². The molecule has 0 aliphatic carbocycles.